The van der Waals surface area contributed by atoms with Crippen molar-refractivity contribution >= 4 is 16.0 Å². The van der Waals surface area contributed by atoms with Crippen molar-refractivity contribution in [1.82, 2.24) is 14.3 Å². The minimum atomic E-state index is -3.92. The number of nitrogens with zero attached hydrogens (tertiary/aromatic N) is 2. The van der Waals surface area contributed by atoms with Crippen LogP contribution in [0.2, 0.25) is 0 Å². The minimum absolute atomic E-state index is 0.0362. The number of carbonyl (C=O) groups is 1. The number of carbonyl (C=O) groups excluding carboxylic acids is 1. The van der Waals surface area contributed by atoms with Gasteiger partial charge in [0.1, 0.15) is 5.82 Å². The third-order valence-corrected chi connectivity index (χ3v) is 5.70. The number of sulfonamides is 1. The third-order valence-electron chi connectivity index (χ3n) is 4.16. The van der Waals surface area contributed by atoms with Crippen LogP contribution in [0.25, 0.3) is 5.69 Å². The lowest BCUT2D eigenvalue weighted by atomic mass is 10.1. The summed E-state index contributed by atoms with van der Waals surface area (Å²) in [5.74, 6) is -1.13. The van der Waals surface area contributed by atoms with Gasteiger partial charge in [0.25, 0.3) is 0 Å². The second-order valence-corrected chi connectivity index (χ2v) is 7.79. The normalized spacial score (nSPS) is 11.4. The molecular weight excluding hydrogens is 385 g/mol. The van der Waals surface area contributed by atoms with Gasteiger partial charge in [-0.25, -0.2) is 27.3 Å². The average molecular weight is 403 g/mol. The van der Waals surface area contributed by atoms with Gasteiger partial charge in [-0.1, -0.05) is 12.1 Å². The molecule has 28 heavy (non-hydrogen) atoms. The van der Waals surface area contributed by atoms with Gasteiger partial charge in [0, 0.05) is 18.9 Å². The van der Waals surface area contributed by atoms with Crippen molar-refractivity contribution in [2.45, 2.75) is 18.4 Å². The first kappa shape index (κ1) is 19.7. The molecule has 2 aromatic carbocycles. The molecule has 0 aliphatic rings. The molecule has 0 fully saturated rings. The Labute approximate surface area is 161 Å². The molecule has 0 radical (unpaired) electrons. The molecule has 7 nitrogen and oxygen atoms in total. The summed E-state index contributed by atoms with van der Waals surface area (Å²) in [6.45, 7) is 1.51. The first-order chi connectivity index (χ1) is 13.3. The highest BCUT2D eigenvalue weighted by Crippen LogP contribution is 2.19. The summed E-state index contributed by atoms with van der Waals surface area (Å²) in [5, 5.41) is 0. The van der Waals surface area contributed by atoms with Crippen LogP contribution in [-0.4, -0.2) is 31.0 Å². The monoisotopic (exact) mass is 403 g/mol. The van der Waals surface area contributed by atoms with Gasteiger partial charge < -0.3 is 9.30 Å². The average Bonchev–Trinajstić information content (AvgIpc) is 3.20. The van der Waals surface area contributed by atoms with Crippen molar-refractivity contribution in [2.75, 3.05) is 7.11 Å². The molecule has 3 aromatic rings. The van der Waals surface area contributed by atoms with E-state index >= 15 is 0 Å². The van der Waals surface area contributed by atoms with E-state index in [9.17, 15) is 17.6 Å². The van der Waals surface area contributed by atoms with Crippen molar-refractivity contribution in [3.63, 3.8) is 0 Å². The van der Waals surface area contributed by atoms with Crippen LogP contribution < -0.4 is 4.72 Å². The van der Waals surface area contributed by atoms with E-state index < -0.39 is 21.8 Å². The molecular formula is C19H18FN3O4S. The number of nitrogens with one attached hydrogen (secondary N) is 1. The largest absolute Gasteiger partial charge is 0.465 e. The van der Waals surface area contributed by atoms with Crippen LogP contribution in [0, 0.1) is 12.7 Å². The number of halogens is 1. The summed E-state index contributed by atoms with van der Waals surface area (Å²) in [4.78, 5) is 15.5. The molecule has 0 unspecified atom stereocenters. The molecule has 3 rings (SSSR count). The number of aryl methyl sites for hydroxylation is 1. The number of imidazole rings is 1. The molecule has 0 atom stereocenters. The topological polar surface area (TPSA) is 90.3 Å². The molecule has 1 heterocycles. The van der Waals surface area contributed by atoms with Gasteiger partial charge in [-0.2, -0.15) is 0 Å². The van der Waals surface area contributed by atoms with Crippen LogP contribution >= 0.6 is 0 Å². The predicted molar refractivity (Wildman–Crippen MR) is 100 cm³/mol. The molecule has 0 spiro atoms. The number of esters is 1. The number of hydrogen-bond donors (Lipinski definition) is 1. The van der Waals surface area contributed by atoms with Crippen LogP contribution in [0.4, 0.5) is 4.39 Å². The molecule has 0 aliphatic heterocycles. The third kappa shape index (κ3) is 4.10. The van der Waals surface area contributed by atoms with Crippen LogP contribution in [0.3, 0.4) is 0 Å². The molecule has 0 amide bonds. The highest BCUT2D eigenvalue weighted by Gasteiger charge is 2.19. The van der Waals surface area contributed by atoms with Crippen LogP contribution in [0.1, 0.15) is 21.5 Å². The number of aromatic nitrogens is 2. The number of hydrogen-bond acceptors (Lipinski definition) is 5. The summed E-state index contributed by atoms with van der Waals surface area (Å²) in [6.07, 6.45) is 4.61. The van der Waals surface area contributed by atoms with E-state index in [1.165, 1.54) is 48.5 Å². The first-order valence-electron chi connectivity index (χ1n) is 8.27. The summed E-state index contributed by atoms with van der Waals surface area (Å²) < 4.78 is 48.2. The van der Waals surface area contributed by atoms with E-state index in [2.05, 4.69) is 14.4 Å². The van der Waals surface area contributed by atoms with Crippen LogP contribution in [-0.2, 0) is 21.3 Å². The van der Waals surface area contributed by atoms with Gasteiger partial charge in [-0.3, -0.25) is 0 Å². The zero-order chi connectivity index (χ0) is 20.3. The van der Waals surface area contributed by atoms with Crippen LogP contribution in [0.15, 0.2) is 60.0 Å². The smallest absolute Gasteiger partial charge is 0.337 e. The van der Waals surface area contributed by atoms with E-state index in [1.807, 2.05) is 0 Å². The molecule has 0 bridgehead atoms. The fourth-order valence-electron chi connectivity index (χ4n) is 2.66. The Morgan fingerprint density at radius 1 is 1.25 bits per heavy atom. The Morgan fingerprint density at radius 3 is 2.68 bits per heavy atom. The SMILES string of the molecule is COC(=O)c1ccc(C)c(S(=O)(=O)NCc2ccc(-n3ccnc3)c(F)c2)c1. The Hall–Kier alpha value is -3.04. The van der Waals surface area contributed by atoms with Crippen molar-refractivity contribution in [2.24, 2.45) is 0 Å². The zero-order valence-electron chi connectivity index (χ0n) is 15.2. The quantitative estimate of drug-likeness (QED) is 0.639. The van der Waals surface area contributed by atoms with Gasteiger partial charge in [0.05, 0.1) is 29.6 Å². The minimum Gasteiger partial charge on any atom is -0.465 e. The van der Waals surface area contributed by atoms with Gasteiger partial charge in [0.15, 0.2) is 0 Å². The van der Waals surface area contributed by atoms with Crippen molar-refractivity contribution in [3.8, 4) is 5.69 Å². The molecule has 1 N–H and O–H groups in total. The summed E-state index contributed by atoms with van der Waals surface area (Å²) in [7, 11) is -2.70. The Balaban J connectivity index is 1.80. The summed E-state index contributed by atoms with van der Waals surface area (Å²) in [6, 6.07) is 8.70. The molecule has 146 valence electrons. The number of methoxy groups -OCH3 is 1. The second-order valence-electron chi connectivity index (χ2n) is 6.05. The standard InChI is InChI=1S/C19H18FN3O4S/c1-13-3-5-15(19(24)27-2)10-18(13)28(25,26)22-11-14-4-6-17(16(20)9-14)23-8-7-21-12-23/h3-10,12,22H,11H2,1-2H3. The molecule has 0 saturated heterocycles. The fourth-order valence-corrected chi connectivity index (χ4v) is 3.95. The molecule has 1 aromatic heterocycles. The molecule has 0 aliphatic carbocycles. The van der Waals surface area contributed by atoms with Crippen molar-refractivity contribution < 1.29 is 22.3 Å². The van der Waals surface area contributed by atoms with Gasteiger partial charge in [0.2, 0.25) is 10.0 Å². The van der Waals surface area contributed by atoms with E-state index in [0.717, 1.165) is 0 Å². The maximum absolute atomic E-state index is 14.3. The molecule has 9 heteroatoms. The summed E-state index contributed by atoms with van der Waals surface area (Å²) >= 11 is 0. The Kier molecular flexibility index (Phi) is 5.57. The predicted octanol–water partition coefficient (Wildman–Crippen LogP) is 2.58. The second kappa shape index (κ2) is 7.91. The zero-order valence-corrected chi connectivity index (χ0v) is 16.0. The van der Waals surface area contributed by atoms with Crippen molar-refractivity contribution in [1.29, 1.82) is 0 Å². The Bertz CT molecular complexity index is 1110. The van der Waals surface area contributed by atoms with Gasteiger partial charge in [-0.15, -0.1) is 0 Å². The number of benzene rings is 2. The Morgan fingerprint density at radius 2 is 2.04 bits per heavy atom. The van der Waals surface area contributed by atoms with Gasteiger partial charge >= 0.3 is 5.97 Å². The van der Waals surface area contributed by atoms with Crippen LogP contribution in [0.5, 0.6) is 0 Å². The molecule has 0 saturated carbocycles. The van der Waals surface area contributed by atoms with Crippen molar-refractivity contribution in [3.05, 3.63) is 77.6 Å². The number of rotatable bonds is 6. The lowest BCUT2D eigenvalue weighted by Gasteiger charge is -2.11. The number of ether oxygens (including phenoxy) is 1. The first-order valence-corrected chi connectivity index (χ1v) is 9.75. The van der Waals surface area contributed by atoms with E-state index in [4.69, 9.17) is 0 Å². The fraction of sp³-hybridized carbons (Fsp3) is 0.158. The highest BCUT2D eigenvalue weighted by atomic mass is 32.2. The lowest BCUT2D eigenvalue weighted by molar-refractivity contribution is 0.0600. The maximum atomic E-state index is 14.3. The maximum Gasteiger partial charge on any atom is 0.337 e. The van der Waals surface area contributed by atoms with Gasteiger partial charge in [-0.05, 0) is 42.3 Å². The lowest BCUT2D eigenvalue weighted by Crippen LogP contribution is -2.24. The summed E-state index contributed by atoms with van der Waals surface area (Å²) in [5.41, 5.74) is 1.36. The van der Waals surface area contributed by atoms with E-state index in [1.54, 1.807) is 25.3 Å². The van der Waals surface area contributed by atoms with E-state index in [-0.39, 0.29) is 17.0 Å². The van der Waals surface area contributed by atoms with E-state index in [0.29, 0.717) is 16.8 Å². The highest BCUT2D eigenvalue weighted by molar-refractivity contribution is 7.89.